The summed E-state index contributed by atoms with van der Waals surface area (Å²) in [6, 6.07) is 10.0. The molecule has 8 heteroatoms. The Bertz CT molecular complexity index is 592. The third-order valence-electron chi connectivity index (χ3n) is 3.99. The molecule has 1 saturated heterocycles. The predicted molar refractivity (Wildman–Crippen MR) is 97.3 cm³/mol. The van der Waals surface area contributed by atoms with E-state index in [1.807, 2.05) is 30.3 Å². The number of benzene rings is 1. The van der Waals surface area contributed by atoms with Crippen LogP contribution in [-0.4, -0.2) is 62.4 Å². The van der Waals surface area contributed by atoms with Crippen molar-refractivity contribution in [2.45, 2.75) is 38.8 Å². The van der Waals surface area contributed by atoms with E-state index in [0.29, 0.717) is 24.4 Å². The van der Waals surface area contributed by atoms with Gasteiger partial charge in [0.2, 0.25) is 10.0 Å². The second-order valence-corrected chi connectivity index (χ2v) is 7.99. The van der Waals surface area contributed by atoms with E-state index in [2.05, 4.69) is 23.5 Å². The maximum absolute atomic E-state index is 12.0. The average Bonchev–Trinajstić information content (AvgIpc) is 3.04. The van der Waals surface area contributed by atoms with Gasteiger partial charge < -0.3 is 9.84 Å². The van der Waals surface area contributed by atoms with E-state index in [-0.39, 0.29) is 18.8 Å². The fourth-order valence-corrected chi connectivity index (χ4v) is 3.73. The van der Waals surface area contributed by atoms with Crippen molar-refractivity contribution in [3.05, 3.63) is 30.3 Å². The van der Waals surface area contributed by atoms with Crippen LogP contribution in [-0.2, 0) is 14.8 Å². The van der Waals surface area contributed by atoms with Crippen LogP contribution in [0.3, 0.4) is 0 Å². The van der Waals surface area contributed by atoms with Gasteiger partial charge in [0.25, 0.3) is 6.47 Å². The zero-order valence-electron chi connectivity index (χ0n) is 14.8. The predicted octanol–water partition coefficient (Wildman–Crippen LogP) is 1.56. The molecule has 1 aromatic carbocycles. The zero-order chi connectivity index (χ0) is 18.7. The molecule has 0 aromatic heterocycles. The number of nitrogens with one attached hydrogen (secondary N) is 1. The highest BCUT2D eigenvalue weighted by Gasteiger charge is 2.27. The van der Waals surface area contributed by atoms with Gasteiger partial charge in [0.1, 0.15) is 12.4 Å². The maximum atomic E-state index is 12.0. The van der Waals surface area contributed by atoms with Crippen LogP contribution in [0.5, 0.6) is 5.75 Å². The molecule has 0 aliphatic carbocycles. The van der Waals surface area contributed by atoms with E-state index in [1.54, 1.807) is 0 Å². The lowest BCUT2D eigenvalue weighted by atomic mass is 10.2. The molecule has 1 heterocycles. The van der Waals surface area contributed by atoms with Crippen molar-refractivity contribution in [3.8, 4) is 5.75 Å². The number of hydrogen-bond acceptors (Lipinski definition) is 5. The molecule has 1 aliphatic rings. The number of ether oxygens (including phenoxy) is 1. The van der Waals surface area contributed by atoms with Crippen molar-refractivity contribution >= 4 is 16.5 Å². The lowest BCUT2D eigenvalue weighted by Crippen LogP contribution is -2.44. The summed E-state index contributed by atoms with van der Waals surface area (Å²) in [7, 11) is -3.29. The van der Waals surface area contributed by atoms with Crippen molar-refractivity contribution in [1.82, 2.24) is 9.62 Å². The summed E-state index contributed by atoms with van der Waals surface area (Å²) < 4.78 is 32.3. The van der Waals surface area contributed by atoms with Gasteiger partial charge in [-0.05, 0) is 45.4 Å². The van der Waals surface area contributed by atoms with Gasteiger partial charge in [0.05, 0.1) is 5.75 Å². The molecule has 0 radical (unpaired) electrons. The monoisotopic (exact) mass is 372 g/mol. The minimum Gasteiger partial charge on any atom is -0.492 e. The maximum Gasteiger partial charge on any atom is 0.290 e. The first-order chi connectivity index (χ1) is 11.9. The number of hydrogen-bond donors (Lipinski definition) is 2. The van der Waals surface area contributed by atoms with Crippen molar-refractivity contribution in [2.75, 3.05) is 25.4 Å². The molecular formula is C17H28N2O5S. The Labute approximate surface area is 150 Å². The van der Waals surface area contributed by atoms with Crippen LogP contribution in [0, 0.1) is 0 Å². The summed E-state index contributed by atoms with van der Waals surface area (Å²) >= 11 is 0. The Hall–Kier alpha value is -1.64. The summed E-state index contributed by atoms with van der Waals surface area (Å²) in [5.41, 5.74) is 0. The third-order valence-corrected chi connectivity index (χ3v) is 5.30. The van der Waals surface area contributed by atoms with Crippen molar-refractivity contribution < 1.29 is 23.1 Å². The van der Waals surface area contributed by atoms with E-state index in [0.717, 1.165) is 19.4 Å². The van der Waals surface area contributed by atoms with Crippen LogP contribution >= 0.6 is 0 Å². The smallest absolute Gasteiger partial charge is 0.290 e. The third kappa shape index (κ3) is 8.33. The second kappa shape index (κ2) is 11.1. The topological polar surface area (TPSA) is 95.9 Å². The summed E-state index contributed by atoms with van der Waals surface area (Å²) in [5.74, 6) is 0.676. The second-order valence-electron chi connectivity index (χ2n) is 6.06. The number of carbonyl (C=O) groups is 1. The number of nitrogens with zero attached hydrogens (tertiary/aromatic N) is 1. The molecule has 142 valence electrons. The number of likely N-dealkylation sites (tertiary alicyclic amines) is 1. The van der Waals surface area contributed by atoms with Gasteiger partial charge in [-0.2, -0.15) is 0 Å². The quantitative estimate of drug-likeness (QED) is 0.672. The summed E-state index contributed by atoms with van der Waals surface area (Å²) in [6.45, 7) is 5.77. The molecule has 0 saturated carbocycles. The van der Waals surface area contributed by atoms with E-state index in [4.69, 9.17) is 14.6 Å². The molecule has 2 N–H and O–H groups in total. The Morgan fingerprint density at radius 3 is 2.60 bits per heavy atom. The Balaban J connectivity index is 0.000000970. The van der Waals surface area contributed by atoms with Gasteiger partial charge in [-0.3, -0.25) is 9.69 Å². The summed E-state index contributed by atoms with van der Waals surface area (Å²) in [5, 5.41) is 6.89. The van der Waals surface area contributed by atoms with Gasteiger partial charge in [-0.15, -0.1) is 0 Å². The molecule has 1 aromatic rings. The molecule has 7 nitrogen and oxygen atoms in total. The van der Waals surface area contributed by atoms with E-state index in [9.17, 15) is 8.42 Å². The van der Waals surface area contributed by atoms with Crippen molar-refractivity contribution in [2.24, 2.45) is 0 Å². The molecule has 1 unspecified atom stereocenters. The first kappa shape index (κ1) is 21.4. The molecule has 1 aliphatic heterocycles. The number of carboxylic acid groups (broad SMARTS) is 1. The highest BCUT2D eigenvalue weighted by molar-refractivity contribution is 7.89. The number of sulfonamides is 1. The van der Waals surface area contributed by atoms with Gasteiger partial charge >= 0.3 is 0 Å². The highest BCUT2D eigenvalue weighted by atomic mass is 32.2. The van der Waals surface area contributed by atoms with Gasteiger partial charge in [-0.25, -0.2) is 13.1 Å². The largest absolute Gasteiger partial charge is 0.492 e. The Kier molecular flexibility index (Phi) is 9.48. The number of para-hydroxylation sites is 1. The summed E-state index contributed by atoms with van der Waals surface area (Å²) in [4.78, 5) is 10.7. The molecule has 0 bridgehead atoms. The van der Waals surface area contributed by atoms with Crippen LogP contribution < -0.4 is 9.46 Å². The highest BCUT2D eigenvalue weighted by Crippen LogP contribution is 2.19. The van der Waals surface area contributed by atoms with Crippen LogP contribution in [0.4, 0.5) is 0 Å². The normalized spacial score (nSPS) is 17.8. The van der Waals surface area contributed by atoms with E-state index < -0.39 is 10.0 Å². The van der Waals surface area contributed by atoms with E-state index in [1.165, 1.54) is 0 Å². The first-order valence-electron chi connectivity index (χ1n) is 8.38. The first-order valence-corrected chi connectivity index (χ1v) is 10.0. The van der Waals surface area contributed by atoms with Crippen LogP contribution in [0.1, 0.15) is 26.7 Å². The zero-order valence-corrected chi connectivity index (χ0v) is 15.6. The van der Waals surface area contributed by atoms with Crippen LogP contribution in [0.2, 0.25) is 0 Å². The molecule has 1 fully saturated rings. The number of rotatable bonds is 8. The van der Waals surface area contributed by atoms with Crippen LogP contribution in [0.15, 0.2) is 30.3 Å². The lowest BCUT2D eigenvalue weighted by molar-refractivity contribution is -0.122. The Morgan fingerprint density at radius 1 is 1.36 bits per heavy atom. The van der Waals surface area contributed by atoms with Gasteiger partial charge in [-0.1, -0.05) is 18.2 Å². The Morgan fingerprint density at radius 2 is 2.00 bits per heavy atom. The minimum absolute atomic E-state index is 0.0176. The van der Waals surface area contributed by atoms with E-state index >= 15 is 0 Å². The van der Waals surface area contributed by atoms with Gasteiger partial charge in [0, 0.05) is 18.6 Å². The fraction of sp³-hybridized carbons (Fsp3) is 0.588. The molecule has 1 atom stereocenters. The fourth-order valence-electron chi connectivity index (χ4n) is 2.84. The lowest BCUT2D eigenvalue weighted by Gasteiger charge is -2.28. The molecule has 0 amide bonds. The SMILES string of the molecule is CC(C)N1CCCC1CNS(=O)(=O)CCOc1ccccc1.O=CO. The van der Waals surface area contributed by atoms with Crippen molar-refractivity contribution in [1.29, 1.82) is 0 Å². The molecule has 0 spiro atoms. The standard InChI is InChI=1S/C16H26N2O3S.CH2O2/c1-14(2)18-10-6-7-15(18)13-17-22(19,20)12-11-21-16-8-4-3-5-9-16;2-1-3/h3-5,8-9,14-15,17H,6-7,10-13H2,1-2H3;1H,(H,2,3). The van der Waals surface area contributed by atoms with Gasteiger partial charge in [0.15, 0.2) is 0 Å². The minimum atomic E-state index is -3.29. The molecule has 2 rings (SSSR count). The average molecular weight is 372 g/mol. The molecular weight excluding hydrogens is 344 g/mol. The van der Waals surface area contributed by atoms with Crippen molar-refractivity contribution in [3.63, 3.8) is 0 Å². The van der Waals surface area contributed by atoms with Crippen LogP contribution in [0.25, 0.3) is 0 Å². The summed E-state index contributed by atoms with van der Waals surface area (Å²) in [6.07, 6.45) is 2.20. The molecule has 25 heavy (non-hydrogen) atoms.